The SMILES string of the molecule is C=CC(=O)N1CC2CN(c3ncnc4[nH]cc(C5CCOCC5)c34)CC2(C)C1. The Bertz CT molecular complexity index is 919. The number of rotatable bonds is 3. The van der Waals surface area contributed by atoms with Crippen LogP contribution in [0.1, 0.15) is 31.2 Å². The van der Waals surface area contributed by atoms with Gasteiger partial charge in [-0.15, -0.1) is 0 Å². The summed E-state index contributed by atoms with van der Waals surface area (Å²) in [4.78, 5) is 28.9. The lowest BCUT2D eigenvalue weighted by Gasteiger charge is -2.27. The highest BCUT2D eigenvalue weighted by atomic mass is 16.5. The zero-order valence-electron chi connectivity index (χ0n) is 16.4. The number of anilines is 1. The largest absolute Gasteiger partial charge is 0.381 e. The van der Waals surface area contributed by atoms with E-state index >= 15 is 0 Å². The van der Waals surface area contributed by atoms with Crippen molar-refractivity contribution in [2.45, 2.75) is 25.7 Å². The van der Waals surface area contributed by atoms with Crippen LogP contribution in [0, 0.1) is 11.3 Å². The summed E-state index contributed by atoms with van der Waals surface area (Å²) in [5.74, 6) is 2.02. The molecule has 7 nitrogen and oxygen atoms in total. The number of fused-ring (bicyclic) bond motifs is 2. The van der Waals surface area contributed by atoms with Crippen molar-refractivity contribution < 1.29 is 9.53 Å². The average molecular weight is 381 g/mol. The highest BCUT2D eigenvalue weighted by molar-refractivity contribution is 5.91. The Kier molecular flexibility index (Phi) is 4.16. The fraction of sp³-hybridized carbons (Fsp3) is 0.571. The fourth-order valence-electron chi connectivity index (χ4n) is 5.34. The molecule has 0 spiro atoms. The molecule has 28 heavy (non-hydrogen) atoms. The number of aromatic nitrogens is 3. The molecule has 1 N–H and O–H groups in total. The number of hydrogen-bond acceptors (Lipinski definition) is 5. The van der Waals surface area contributed by atoms with E-state index in [-0.39, 0.29) is 11.3 Å². The van der Waals surface area contributed by atoms with Gasteiger partial charge in [-0.2, -0.15) is 0 Å². The maximum Gasteiger partial charge on any atom is 0.245 e. The molecule has 3 fully saturated rings. The first-order valence-electron chi connectivity index (χ1n) is 10.1. The smallest absolute Gasteiger partial charge is 0.245 e. The van der Waals surface area contributed by atoms with Gasteiger partial charge < -0.3 is 19.5 Å². The van der Waals surface area contributed by atoms with Gasteiger partial charge in [-0.1, -0.05) is 13.5 Å². The van der Waals surface area contributed by atoms with Gasteiger partial charge in [-0.05, 0) is 30.4 Å². The Balaban J connectivity index is 1.46. The molecule has 5 rings (SSSR count). The normalized spacial score (nSPS) is 28.1. The predicted molar refractivity (Wildman–Crippen MR) is 107 cm³/mol. The number of likely N-dealkylation sites (tertiary alicyclic amines) is 1. The summed E-state index contributed by atoms with van der Waals surface area (Å²) in [5.41, 5.74) is 2.32. The summed E-state index contributed by atoms with van der Waals surface area (Å²) >= 11 is 0. The Morgan fingerprint density at radius 1 is 1.32 bits per heavy atom. The quantitative estimate of drug-likeness (QED) is 0.826. The maximum absolute atomic E-state index is 12.1. The molecule has 0 aromatic carbocycles. The summed E-state index contributed by atoms with van der Waals surface area (Å²) in [7, 11) is 0. The molecule has 0 saturated carbocycles. The predicted octanol–water partition coefficient (Wildman–Crippen LogP) is 2.32. The molecule has 2 unspecified atom stereocenters. The molecule has 0 aliphatic carbocycles. The van der Waals surface area contributed by atoms with Gasteiger partial charge in [0.1, 0.15) is 17.8 Å². The highest BCUT2D eigenvalue weighted by Crippen LogP contribution is 2.45. The van der Waals surface area contributed by atoms with Crippen molar-refractivity contribution in [1.82, 2.24) is 19.9 Å². The monoisotopic (exact) mass is 381 g/mol. The van der Waals surface area contributed by atoms with Gasteiger partial charge in [0.05, 0.1) is 5.39 Å². The lowest BCUT2D eigenvalue weighted by atomic mass is 9.83. The van der Waals surface area contributed by atoms with E-state index in [4.69, 9.17) is 9.72 Å². The molecule has 148 valence electrons. The number of amides is 1. The molecule has 1 amide bonds. The van der Waals surface area contributed by atoms with Gasteiger partial charge in [0.25, 0.3) is 0 Å². The van der Waals surface area contributed by atoms with Crippen LogP contribution in [0.3, 0.4) is 0 Å². The minimum absolute atomic E-state index is 0.0408. The minimum atomic E-state index is 0.0408. The number of H-pyrrole nitrogens is 1. The third kappa shape index (κ3) is 2.71. The van der Waals surface area contributed by atoms with Crippen molar-refractivity contribution in [3.05, 3.63) is 30.7 Å². The molecule has 0 bridgehead atoms. The van der Waals surface area contributed by atoms with Crippen LogP contribution in [-0.2, 0) is 9.53 Å². The van der Waals surface area contributed by atoms with Crippen molar-refractivity contribution in [1.29, 1.82) is 0 Å². The van der Waals surface area contributed by atoms with E-state index in [2.05, 4.69) is 34.6 Å². The number of carbonyl (C=O) groups excluding carboxylic acids is 1. The van der Waals surface area contributed by atoms with Crippen molar-refractivity contribution in [3.63, 3.8) is 0 Å². The summed E-state index contributed by atoms with van der Waals surface area (Å²) in [6, 6.07) is 0. The Morgan fingerprint density at radius 3 is 2.89 bits per heavy atom. The van der Waals surface area contributed by atoms with Crippen LogP contribution < -0.4 is 4.90 Å². The molecule has 3 aliphatic rings. The second kappa shape index (κ2) is 6.58. The second-order valence-corrected chi connectivity index (χ2v) is 8.71. The van der Waals surface area contributed by atoms with E-state index in [9.17, 15) is 4.79 Å². The molecule has 0 radical (unpaired) electrons. The summed E-state index contributed by atoms with van der Waals surface area (Å²) in [6.45, 7) is 11.0. The van der Waals surface area contributed by atoms with Gasteiger partial charge in [-0.3, -0.25) is 4.79 Å². The van der Waals surface area contributed by atoms with Crippen molar-refractivity contribution in [3.8, 4) is 0 Å². The van der Waals surface area contributed by atoms with Crippen LogP contribution in [0.2, 0.25) is 0 Å². The Hall–Kier alpha value is -2.41. The lowest BCUT2D eigenvalue weighted by Crippen LogP contribution is -2.35. The summed E-state index contributed by atoms with van der Waals surface area (Å²) < 4.78 is 5.55. The number of aromatic amines is 1. The molecule has 3 saturated heterocycles. The Morgan fingerprint density at radius 2 is 2.14 bits per heavy atom. The van der Waals surface area contributed by atoms with Crippen molar-refractivity contribution in [2.24, 2.45) is 11.3 Å². The third-order valence-corrected chi connectivity index (χ3v) is 6.90. The van der Waals surface area contributed by atoms with E-state index in [0.717, 1.165) is 69.1 Å². The van der Waals surface area contributed by atoms with Crippen LogP contribution in [-0.4, -0.2) is 65.2 Å². The molecule has 2 aromatic heterocycles. The third-order valence-electron chi connectivity index (χ3n) is 6.90. The maximum atomic E-state index is 12.1. The minimum Gasteiger partial charge on any atom is -0.381 e. The number of ether oxygens (including phenoxy) is 1. The van der Waals surface area contributed by atoms with Gasteiger partial charge in [0.2, 0.25) is 5.91 Å². The summed E-state index contributed by atoms with van der Waals surface area (Å²) in [6.07, 6.45) is 7.28. The first-order valence-corrected chi connectivity index (χ1v) is 10.1. The van der Waals surface area contributed by atoms with Crippen molar-refractivity contribution >= 4 is 22.8 Å². The molecular formula is C21H27N5O2. The van der Waals surface area contributed by atoms with Crippen LogP contribution >= 0.6 is 0 Å². The fourth-order valence-corrected chi connectivity index (χ4v) is 5.34. The first kappa shape index (κ1) is 17.7. The van der Waals surface area contributed by atoms with E-state index in [0.29, 0.717) is 11.8 Å². The first-order chi connectivity index (χ1) is 13.6. The standard InChI is InChI=1S/C21H27N5O2/c1-3-17(27)25-9-15-10-26(12-21(15,2)11-25)20-18-16(14-4-6-28-7-5-14)8-22-19(18)23-13-24-20/h3,8,13-15H,1,4-7,9-12H2,2H3,(H,22,23,24). The van der Waals surface area contributed by atoms with E-state index in [1.54, 1.807) is 6.33 Å². The molecule has 7 heteroatoms. The van der Waals surface area contributed by atoms with E-state index < -0.39 is 0 Å². The number of nitrogens with zero attached hydrogens (tertiary/aromatic N) is 4. The second-order valence-electron chi connectivity index (χ2n) is 8.71. The van der Waals surface area contributed by atoms with Crippen LogP contribution in [0.5, 0.6) is 0 Å². The molecular weight excluding hydrogens is 354 g/mol. The van der Waals surface area contributed by atoms with E-state index in [1.165, 1.54) is 11.6 Å². The average Bonchev–Trinajstić information content (AvgIpc) is 3.37. The number of hydrogen-bond donors (Lipinski definition) is 1. The van der Waals surface area contributed by atoms with Gasteiger partial charge in [-0.25, -0.2) is 9.97 Å². The van der Waals surface area contributed by atoms with Gasteiger partial charge in [0.15, 0.2) is 0 Å². The highest BCUT2D eigenvalue weighted by Gasteiger charge is 2.50. The van der Waals surface area contributed by atoms with Gasteiger partial charge >= 0.3 is 0 Å². The van der Waals surface area contributed by atoms with Crippen LogP contribution in [0.4, 0.5) is 5.82 Å². The summed E-state index contributed by atoms with van der Waals surface area (Å²) in [5, 5.41) is 1.16. The van der Waals surface area contributed by atoms with Crippen LogP contribution in [0.25, 0.3) is 11.0 Å². The molecule has 5 heterocycles. The van der Waals surface area contributed by atoms with Gasteiger partial charge in [0, 0.05) is 56.9 Å². The van der Waals surface area contributed by atoms with Crippen molar-refractivity contribution in [2.75, 3.05) is 44.3 Å². The van der Waals surface area contributed by atoms with Crippen LogP contribution in [0.15, 0.2) is 25.2 Å². The molecule has 2 atom stereocenters. The topological polar surface area (TPSA) is 74.4 Å². The number of carbonyl (C=O) groups is 1. The van der Waals surface area contributed by atoms with E-state index in [1.807, 2.05) is 4.90 Å². The number of nitrogens with one attached hydrogen (secondary N) is 1. The zero-order valence-corrected chi connectivity index (χ0v) is 16.4. The lowest BCUT2D eigenvalue weighted by molar-refractivity contribution is -0.125. The molecule has 2 aromatic rings. The zero-order chi connectivity index (χ0) is 19.3. The Labute approximate surface area is 164 Å². The molecule has 3 aliphatic heterocycles.